The number of amidine groups is 1. The number of aliphatic hydroxyl groups is 1. The Morgan fingerprint density at radius 3 is 2.41 bits per heavy atom. The molecule has 1 aliphatic carbocycles. The highest BCUT2D eigenvalue weighted by atomic mass is 32.3. The zero-order chi connectivity index (χ0) is 28.8. The van der Waals surface area contributed by atoms with Gasteiger partial charge in [0.15, 0.2) is 11.6 Å². The molecule has 0 saturated heterocycles. The summed E-state index contributed by atoms with van der Waals surface area (Å²) in [6.45, 7) is 9.04. The van der Waals surface area contributed by atoms with Crippen molar-refractivity contribution in [2.75, 3.05) is 10.6 Å². The first-order valence-electron chi connectivity index (χ1n) is 12.8. The van der Waals surface area contributed by atoms with Gasteiger partial charge in [-0.1, -0.05) is 43.5 Å². The number of nitrogens with zero attached hydrogens (tertiary/aromatic N) is 1. The molecule has 0 fully saturated rings. The molecule has 11 heteroatoms. The number of carbonyl (C=O) groups excluding carboxylic acids is 2. The van der Waals surface area contributed by atoms with Crippen molar-refractivity contribution < 1.29 is 32.9 Å². The molecule has 0 bridgehead atoms. The Balaban J connectivity index is 1.79. The fourth-order valence-electron chi connectivity index (χ4n) is 5.21. The van der Waals surface area contributed by atoms with E-state index >= 15 is 0 Å². The predicted molar refractivity (Wildman–Crippen MR) is 151 cm³/mol. The molecule has 4 rings (SSSR count). The Morgan fingerprint density at radius 2 is 1.79 bits per heavy atom. The first-order chi connectivity index (χ1) is 18.2. The van der Waals surface area contributed by atoms with Gasteiger partial charge in [0.2, 0.25) is 0 Å². The number of rotatable bonds is 6. The van der Waals surface area contributed by atoms with Crippen LogP contribution in [-0.2, 0) is 14.9 Å². The van der Waals surface area contributed by atoms with Gasteiger partial charge in [-0.15, -0.1) is 4.40 Å². The fourth-order valence-corrected chi connectivity index (χ4v) is 6.40. The summed E-state index contributed by atoms with van der Waals surface area (Å²) < 4.78 is 45.7. The number of anilines is 2. The van der Waals surface area contributed by atoms with E-state index in [1.165, 1.54) is 30.3 Å². The lowest BCUT2D eigenvalue weighted by Gasteiger charge is -2.40. The lowest BCUT2D eigenvalue weighted by molar-refractivity contribution is -0.121. The third kappa shape index (κ3) is 5.39. The highest BCUT2D eigenvalue weighted by molar-refractivity contribution is 8.23. The van der Waals surface area contributed by atoms with Crippen molar-refractivity contribution in [1.82, 2.24) is 0 Å². The summed E-state index contributed by atoms with van der Waals surface area (Å²) in [4.78, 5) is 26.3. The Labute approximate surface area is 228 Å². The zero-order valence-electron chi connectivity index (χ0n) is 22.6. The van der Waals surface area contributed by atoms with Crippen molar-refractivity contribution in [3.8, 4) is 0 Å². The predicted octanol–water partition coefficient (Wildman–Crippen LogP) is 7.41. The van der Waals surface area contributed by atoms with Crippen LogP contribution in [0.25, 0.3) is 5.76 Å². The van der Waals surface area contributed by atoms with Crippen molar-refractivity contribution in [3.63, 3.8) is 0 Å². The van der Waals surface area contributed by atoms with Crippen LogP contribution in [0.1, 0.15) is 71.4 Å². The molecule has 1 amide bonds. The maximum absolute atomic E-state index is 14.3. The third-order valence-electron chi connectivity index (χ3n) is 6.63. The first kappa shape index (κ1) is 28.6. The van der Waals surface area contributed by atoms with E-state index in [2.05, 4.69) is 15.0 Å². The van der Waals surface area contributed by atoms with Crippen molar-refractivity contribution in [2.45, 2.75) is 76.2 Å². The summed E-state index contributed by atoms with van der Waals surface area (Å²) in [5, 5.41) is 16.7. The summed E-state index contributed by atoms with van der Waals surface area (Å²) >= 11 is 0. The summed E-state index contributed by atoms with van der Waals surface area (Å²) in [5.41, 5.74) is -0.802. The number of hydrogen-bond donors (Lipinski definition) is 5. The van der Waals surface area contributed by atoms with E-state index in [0.29, 0.717) is 31.2 Å². The van der Waals surface area contributed by atoms with Crippen molar-refractivity contribution in [3.05, 3.63) is 58.9 Å². The molecule has 0 atom stereocenters. The second-order valence-electron chi connectivity index (χ2n) is 10.7. The minimum absolute atomic E-state index is 0.0111. The summed E-state index contributed by atoms with van der Waals surface area (Å²) in [5.74, 6) is -1.69. The van der Waals surface area contributed by atoms with Crippen LogP contribution < -0.4 is 10.6 Å². The number of amides is 1. The Kier molecular flexibility index (Phi) is 7.54. The normalized spacial score (nSPS) is 18.4. The fraction of sp³-hybridized carbons (Fsp3) is 0.393. The minimum atomic E-state index is -3.87. The number of hydrogen-bond acceptors (Lipinski definition) is 8. The second kappa shape index (κ2) is 10.3. The molecule has 0 unspecified atom stereocenters. The first-order valence-corrected chi connectivity index (χ1v) is 14.3. The zero-order valence-corrected chi connectivity index (χ0v) is 23.4. The van der Waals surface area contributed by atoms with E-state index in [0.717, 1.165) is 0 Å². The SMILES string of the molecule is CCCC1(CCC)C(=O)C(C2=NS(O)(O)c3cc(NC(=O)OC(C)(C)C)ccc3N2)=C(O)c2cc(F)ccc21. The van der Waals surface area contributed by atoms with Gasteiger partial charge < -0.3 is 15.2 Å². The smallest absolute Gasteiger partial charge is 0.412 e. The van der Waals surface area contributed by atoms with Crippen LogP contribution in [0.15, 0.2) is 51.3 Å². The van der Waals surface area contributed by atoms with Crippen LogP contribution in [0.3, 0.4) is 0 Å². The Hall–Kier alpha value is -3.41. The van der Waals surface area contributed by atoms with Gasteiger partial charge >= 0.3 is 6.09 Å². The molecule has 0 saturated carbocycles. The molecular weight excluding hydrogens is 525 g/mol. The number of aliphatic hydroxyl groups excluding tert-OH is 1. The van der Waals surface area contributed by atoms with Gasteiger partial charge in [-0.2, -0.15) is 0 Å². The molecule has 9 nitrogen and oxygen atoms in total. The van der Waals surface area contributed by atoms with Gasteiger partial charge in [-0.05, 0) is 69.5 Å². The molecule has 39 heavy (non-hydrogen) atoms. The molecule has 2 aromatic carbocycles. The average Bonchev–Trinajstić information content (AvgIpc) is 2.82. The van der Waals surface area contributed by atoms with Gasteiger partial charge in [0.1, 0.15) is 27.6 Å². The number of fused-ring (bicyclic) bond motifs is 2. The maximum Gasteiger partial charge on any atom is 0.412 e. The lowest BCUT2D eigenvalue weighted by atomic mass is 9.63. The van der Waals surface area contributed by atoms with Gasteiger partial charge in [-0.3, -0.25) is 19.2 Å². The van der Waals surface area contributed by atoms with Crippen LogP contribution in [0, 0.1) is 5.82 Å². The lowest BCUT2D eigenvalue weighted by Crippen LogP contribution is -2.44. The summed E-state index contributed by atoms with van der Waals surface area (Å²) in [6, 6.07) is 8.36. The third-order valence-corrected chi connectivity index (χ3v) is 8.00. The minimum Gasteiger partial charge on any atom is -0.506 e. The van der Waals surface area contributed by atoms with Crippen LogP contribution in [0.4, 0.5) is 20.6 Å². The van der Waals surface area contributed by atoms with E-state index in [4.69, 9.17) is 4.74 Å². The number of Topliss-reactive ketones (excluding diaryl/α,β-unsaturated/α-hetero) is 1. The molecule has 0 radical (unpaired) electrons. The van der Waals surface area contributed by atoms with Crippen molar-refractivity contribution in [2.24, 2.45) is 4.40 Å². The molecule has 0 aromatic heterocycles. The second-order valence-corrected chi connectivity index (χ2v) is 12.4. The van der Waals surface area contributed by atoms with E-state index in [1.807, 2.05) is 13.8 Å². The molecule has 5 N–H and O–H groups in total. The monoisotopic (exact) mass is 559 g/mol. The maximum atomic E-state index is 14.3. The molecular formula is C28H34FN3O6S. The standard InChI is InChI=1S/C28H34FN3O6S/c1-6-12-28(13-7-2)19-10-8-16(29)14-18(19)23(33)22(24(28)34)25-31-20-11-9-17(15-21(20)39(36,37)32-25)30-26(35)38-27(3,4)5/h8-11,14-15,33,36-37H,6-7,12-13H2,1-5H3,(H,30,35)(H,31,32). The highest BCUT2D eigenvalue weighted by Crippen LogP contribution is 2.57. The number of carbonyl (C=O) groups is 2. The largest absolute Gasteiger partial charge is 0.506 e. The van der Waals surface area contributed by atoms with Gasteiger partial charge in [0.25, 0.3) is 0 Å². The number of nitrogens with one attached hydrogen (secondary N) is 2. The van der Waals surface area contributed by atoms with Crippen LogP contribution in [0.5, 0.6) is 0 Å². The molecule has 1 aliphatic heterocycles. The number of ether oxygens (including phenoxy) is 1. The number of halogens is 1. The summed E-state index contributed by atoms with van der Waals surface area (Å²) in [6.07, 6.45) is 1.50. The number of ketones is 1. The molecule has 2 aliphatic rings. The molecule has 0 spiro atoms. The topological polar surface area (TPSA) is 140 Å². The van der Waals surface area contributed by atoms with E-state index in [-0.39, 0.29) is 33.2 Å². The van der Waals surface area contributed by atoms with Gasteiger partial charge in [-0.25, -0.2) is 9.18 Å². The highest BCUT2D eigenvalue weighted by Gasteiger charge is 2.48. The van der Waals surface area contributed by atoms with Crippen LogP contribution in [-0.4, -0.2) is 37.5 Å². The molecule has 210 valence electrons. The van der Waals surface area contributed by atoms with Crippen LogP contribution >= 0.6 is 10.8 Å². The van der Waals surface area contributed by atoms with Crippen molar-refractivity contribution in [1.29, 1.82) is 0 Å². The number of benzene rings is 2. The molecule has 2 aromatic rings. The van der Waals surface area contributed by atoms with Crippen LogP contribution in [0.2, 0.25) is 0 Å². The van der Waals surface area contributed by atoms with Gasteiger partial charge in [0, 0.05) is 11.3 Å². The Morgan fingerprint density at radius 1 is 1.13 bits per heavy atom. The quantitative estimate of drug-likeness (QED) is 0.248. The van der Waals surface area contributed by atoms with Crippen molar-refractivity contribution >= 4 is 45.6 Å². The molecule has 1 heterocycles. The van der Waals surface area contributed by atoms with Gasteiger partial charge in [0.05, 0.1) is 11.1 Å². The summed E-state index contributed by atoms with van der Waals surface area (Å²) in [7, 11) is -3.87. The van der Waals surface area contributed by atoms with E-state index in [1.54, 1.807) is 26.8 Å². The van der Waals surface area contributed by atoms with E-state index < -0.39 is 45.2 Å². The van der Waals surface area contributed by atoms with E-state index in [9.17, 15) is 28.2 Å². The Bertz CT molecular complexity index is 1390. The average molecular weight is 560 g/mol.